The normalized spacial score (nSPS) is 22.2. The van der Waals surface area contributed by atoms with E-state index >= 15 is 0 Å². The highest BCUT2D eigenvalue weighted by atomic mass is 16.6. The maximum atomic E-state index is 12.2. The van der Waals surface area contributed by atoms with Gasteiger partial charge >= 0.3 is 0 Å². The zero-order chi connectivity index (χ0) is 14.0. The number of hydrogen-bond donors (Lipinski definition) is 2. The minimum absolute atomic E-state index is 0.0317. The van der Waals surface area contributed by atoms with Crippen molar-refractivity contribution in [3.8, 4) is 0 Å². The first-order valence-corrected chi connectivity index (χ1v) is 6.20. The first-order valence-electron chi connectivity index (χ1n) is 6.20. The fourth-order valence-electron chi connectivity index (χ4n) is 2.19. The lowest BCUT2D eigenvalue weighted by molar-refractivity contribution is -0.384. The molecule has 1 saturated heterocycles. The van der Waals surface area contributed by atoms with E-state index in [1.807, 2.05) is 6.92 Å². The smallest absolute Gasteiger partial charge is 0.269 e. The average molecular weight is 263 g/mol. The molecule has 6 nitrogen and oxygen atoms in total. The second kappa shape index (κ2) is 4.97. The van der Waals surface area contributed by atoms with Gasteiger partial charge in [0.25, 0.3) is 5.69 Å². The van der Waals surface area contributed by atoms with Crippen molar-refractivity contribution >= 4 is 17.3 Å². The molecule has 0 bridgehead atoms. The summed E-state index contributed by atoms with van der Waals surface area (Å²) in [5.74, 6) is -0.0468. The number of carbonyl (C=O) groups excluding carboxylic acids is 1. The summed E-state index contributed by atoms with van der Waals surface area (Å²) in [6.07, 6.45) is 0.796. The van der Waals surface area contributed by atoms with E-state index in [0.717, 1.165) is 13.0 Å². The van der Waals surface area contributed by atoms with Gasteiger partial charge in [0.1, 0.15) is 0 Å². The summed E-state index contributed by atoms with van der Waals surface area (Å²) in [6.45, 7) is 5.16. The van der Waals surface area contributed by atoms with Crippen molar-refractivity contribution in [1.29, 1.82) is 0 Å². The van der Waals surface area contributed by atoms with E-state index < -0.39 is 10.3 Å². The summed E-state index contributed by atoms with van der Waals surface area (Å²) < 4.78 is 0. The maximum absolute atomic E-state index is 12.2. The Labute approximate surface area is 111 Å². The quantitative estimate of drug-likeness (QED) is 0.643. The van der Waals surface area contributed by atoms with E-state index in [9.17, 15) is 14.9 Å². The summed E-state index contributed by atoms with van der Waals surface area (Å²) >= 11 is 0. The van der Waals surface area contributed by atoms with Crippen molar-refractivity contribution in [1.82, 2.24) is 5.32 Å². The molecule has 0 aromatic heterocycles. The maximum Gasteiger partial charge on any atom is 0.269 e. The second-order valence-electron chi connectivity index (χ2n) is 5.20. The third-order valence-electron chi connectivity index (χ3n) is 3.59. The van der Waals surface area contributed by atoms with E-state index in [0.29, 0.717) is 17.8 Å². The number of anilines is 1. The highest BCUT2D eigenvalue weighted by Gasteiger charge is 2.36. The van der Waals surface area contributed by atoms with Gasteiger partial charge in [-0.1, -0.05) is 0 Å². The molecule has 0 aliphatic carbocycles. The average Bonchev–Trinajstić information content (AvgIpc) is 2.80. The summed E-state index contributed by atoms with van der Waals surface area (Å²) in [7, 11) is 0. The molecule has 1 aromatic rings. The zero-order valence-corrected chi connectivity index (χ0v) is 11.0. The van der Waals surface area contributed by atoms with Crippen LogP contribution in [-0.4, -0.2) is 23.9 Å². The van der Waals surface area contributed by atoms with Crippen LogP contribution >= 0.6 is 0 Å². The number of nitro groups is 1. The highest BCUT2D eigenvalue weighted by Crippen LogP contribution is 2.28. The van der Waals surface area contributed by atoms with Crippen LogP contribution in [0.3, 0.4) is 0 Å². The van der Waals surface area contributed by atoms with E-state index in [1.54, 1.807) is 13.0 Å². The van der Waals surface area contributed by atoms with Crippen molar-refractivity contribution in [3.63, 3.8) is 0 Å². The summed E-state index contributed by atoms with van der Waals surface area (Å²) in [5.41, 5.74) is 0.943. The summed E-state index contributed by atoms with van der Waals surface area (Å²) in [4.78, 5) is 22.4. The van der Waals surface area contributed by atoms with Crippen molar-refractivity contribution in [2.45, 2.75) is 20.3 Å². The number of non-ortho nitro benzene ring substituents is 1. The lowest BCUT2D eigenvalue weighted by atomic mass is 9.88. The molecular weight excluding hydrogens is 246 g/mol. The van der Waals surface area contributed by atoms with Gasteiger partial charge in [-0.2, -0.15) is 0 Å². The molecule has 1 atom stereocenters. The Morgan fingerprint density at radius 2 is 2.26 bits per heavy atom. The predicted octanol–water partition coefficient (Wildman–Crippen LogP) is 1.84. The third-order valence-corrected chi connectivity index (χ3v) is 3.59. The van der Waals surface area contributed by atoms with E-state index in [2.05, 4.69) is 10.6 Å². The molecule has 1 fully saturated rings. The minimum Gasteiger partial charge on any atom is -0.325 e. The van der Waals surface area contributed by atoms with Crippen LogP contribution in [0.5, 0.6) is 0 Å². The number of hydrogen-bond acceptors (Lipinski definition) is 4. The van der Waals surface area contributed by atoms with Crippen molar-refractivity contribution in [2.24, 2.45) is 5.41 Å². The topological polar surface area (TPSA) is 84.3 Å². The van der Waals surface area contributed by atoms with Gasteiger partial charge in [-0.3, -0.25) is 14.9 Å². The van der Waals surface area contributed by atoms with Gasteiger partial charge in [-0.15, -0.1) is 0 Å². The van der Waals surface area contributed by atoms with Gasteiger partial charge in [0.2, 0.25) is 5.91 Å². The van der Waals surface area contributed by atoms with Gasteiger partial charge < -0.3 is 10.6 Å². The number of aryl methyl sites for hydroxylation is 1. The molecule has 2 N–H and O–H groups in total. The van der Waals surface area contributed by atoms with Crippen LogP contribution in [0, 0.1) is 22.5 Å². The fraction of sp³-hybridized carbons (Fsp3) is 0.462. The molecule has 0 spiro atoms. The Morgan fingerprint density at radius 1 is 1.53 bits per heavy atom. The van der Waals surface area contributed by atoms with Crippen LogP contribution in [0.1, 0.15) is 18.9 Å². The van der Waals surface area contributed by atoms with Gasteiger partial charge in [0.05, 0.1) is 10.3 Å². The van der Waals surface area contributed by atoms with Crippen LogP contribution < -0.4 is 10.6 Å². The Hall–Kier alpha value is -1.95. The third kappa shape index (κ3) is 2.73. The monoisotopic (exact) mass is 263 g/mol. The first-order chi connectivity index (χ1) is 8.92. The number of nitrogens with zero attached hydrogens (tertiary/aromatic N) is 1. The molecule has 1 unspecified atom stereocenters. The number of nitrogens with one attached hydrogen (secondary N) is 2. The van der Waals surface area contributed by atoms with Gasteiger partial charge in [-0.05, 0) is 38.4 Å². The molecule has 2 rings (SSSR count). The van der Waals surface area contributed by atoms with Crippen LogP contribution in [0.2, 0.25) is 0 Å². The molecule has 6 heteroatoms. The molecule has 1 aliphatic heterocycles. The molecule has 0 saturated carbocycles. The lowest BCUT2D eigenvalue weighted by Crippen LogP contribution is -2.35. The van der Waals surface area contributed by atoms with Gasteiger partial charge in [0.15, 0.2) is 0 Å². The minimum atomic E-state index is -0.444. The predicted molar refractivity (Wildman–Crippen MR) is 72.1 cm³/mol. The summed E-state index contributed by atoms with van der Waals surface area (Å²) in [5, 5.41) is 16.7. The molecule has 102 valence electrons. The number of rotatable bonds is 3. The zero-order valence-electron chi connectivity index (χ0n) is 11.0. The molecule has 1 amide bonds. The molecule has 19 heavy (non-hydrogen) atoms. The van der Waals surface area contributed by atoms with E-state index in [1.165, 1.54) is 12.1 Å². The van der Waals surface area contributed by atoms with Crippen LogP contribution in [0.25, 0.3) is 0 Å². The van der Waals surface area contributed by atoms with Crippen molar-refractivity contribution in [2.75, 3.05) is 18.4 Å². The number of carbonyl (C=O) groups is 1. The molecule has 1 heterocycles. The Kier molecular flexibility index (Phi) is 3.53. The van der Waals surface area contributed by atoms with Crippen molar-refractivity contribution < 1.29 is 9.72 Å². The molecular formula is C13H17N3O3. The second-order valence-corrected chi connectivity index (χ2v) is 5.20. The van der Waals surface area contributed by atoms with Crippen LogP contribution in [0.4, 0.5) is 11.4 Å². The SMILES string of the molecule is Cc1cc([N+](=O)[O-])ccc1NC(=O)C1(C)CCNC1. The number of nitro benzene ring substituents is 1. The van der Waals surface area contributed by atoms with Crippen LogP contribution in [-0.2, 0) is 4.79 Å². The standard InChI is InChI=1S/C13H17N3O3/c1-9-7-10(16(18)19)3-4-11(9)15-12(17)13(2)5-6-14-8-13/h3-4,7,14H,5-6,8H2,1-2H3,(H,15,17). The molecule has 1 aliphatic rings. The highest BCUT2D eigenvalue weighted by molar-refractivity contribution is 5.96. The van der Waals surface area contributed by atoms with Crippen molar-refractivity contribution in [3.05, 3.63) is 33.9 Å². The summed E-state index contributed by atoms with van der Waals surface area (Å²) in [6, 6.07) is 4.44. The number of benzene rings is 1. The fourth-order valence-corrected chi connectivity index (χ4v) is 2.19. The lowest BCUT2D eigenvalue weighted by Gasteiger charge is -2.22. The molecule has 0 radical (unpaired) electrons. The van der Waals surface area contributed by atoms with Crippen LogP contribution in [0.15, 0.2) is 18.2 Å². The van der Waals surface area contributed by atoms with Gasteiger partial charge in [0, 0.05) is 24.4 Å². The molecule has 1 aromatic carbocycles. The van der Waals surface area contributed by atoms with Gasteiger partial charge in [-0.25, -0.2) is 0 Å². The Bertz CT molecular complexity index is 522. The number of amides is 1. The first kappa shape index (κ1) is 13.5. The Balaban J connectivity index is 2.15. The largest absolute Gasteiger partial charge is 0.325 e. The van der Waals surface area contributed by atoms with E-state index in [-0.39, 0.29) is 11.6 Å². The van der Waals surface area contributed by atoms with E-state index in [4.69, 9.17) is 0 Å². The Morgan fingerprint density at radius 3 is 2.79 bits per heavy atom.